The van der Waals surface area contributed by atoms with Crippen molar-refractivity contribution < 1.29 is 60.6 Å². The molecule has 1 rings (SSSR count). The number of benzene rings is 1. The Morgan fingerprint density at radius 3 is 1.54 bits per heavy atom. The van der Waals surface area contributed by atoms with Crippen LogP contribution >= 0.6 is 22.6 Å². The summed E-state index contributed by atoms with van der Waals surface area (Å²) in [7, 11) is -15.3. The molecule has 0 atom stereocenters. The molecule has 1 aromatic carbocycles. The minimum Gasteiger partial charge on any atom is -1.00 e. The van der Waals surface area contributed by atoms with Gasteiger partial charge in [-0.2, -0.15) is 25.3 Å². The SMILES string of the molecule is COc1c([N+]#N)c(S(=O)(=O)O)c(S(=O)(=O)O)c(I)c1S(=O)(=O)O.[Br-]. The monoisotopic (exact) mass is 580 g/mol. The predicted molar refractivity (Wildman–Crippen MR) is 79.9 cm³/mol. The first-order chi connectivity index (χ1) is 10.2. The maximum Gasteiger partial charge on any atom is 0.450 e. The molecular formula is C7H6BrIN2O10S3. The number of ether oxygens (including phenoxy) is 1. The topological polar surface area (TPSA) is 200 Å². The van der Waals surface area contributed by atoms with Crippen LogP contribution in [0.2, 0.25) is 0 Å². The first kappa shape index (κ1) is 23.4. The zero-order valence-corrected chi connectivity index (χ0v) is 17.3. The molecule has 0 saturated heterocycles. The molecule has 0 radical (unpaired) electrons. The lowest BCUT2D eigenvalue weighted by molar-refractivity contribution is -0.0000174. The minimum absolute atomic E-state index is 0. The molecule has 0 aromatic heterocycles. The summed E-state index contributed by atoms with van der Waals surface area (Å²) >= 11 is 0.982. The Hall–Kier alpha value is -0.620. The molecule has 0 aliphatic rings. The Morgan fingerprint density at radius 2 is 1.29 bits per heavy atom. The second-order valence-electron chi connectivity index (χ2n) is 3.71. The van der Waals surface area contributed by atoms with Crippen LogP contribution in [0.5, 0.6) is 5.75 Å². The Morgan fingerprint density at radius 1 is 0.917 bits per heavy atom. The molecule has 0 unspecified atom stereocenters. The molecule has 0 amide bonds. The summed E-state index contributed by atoms with van der Waals surface area (Å²) in [5, 5.41) is 8.88. The molecule has 0 aliphatic heterocycles. The fraction of sp³-hybridized carbons (Fsp3) is 0.143. The number of hydrogen-bond acceptors (Lipinski definition) is 8. The second-order valence-corrected chi connectivity index (χ2v) is 8.86. The first-order valence-corrected chi connectivity index (χ1v) is 10.3. The van der Waals surface area contributed by atoms with E-state index in [0.717, 1.165) is 29.7 Å². The van der Waals surface area contributed by atoms with Crippen molar-refractivity contribution in [1.29, 1.82) is 5.39 Å². The summed E-state index contributed by atoms with van der Waals surface area (Å²) in [4.78, 5) is -2.14. The number of diazo groups is 1. The summed E-state index contributed by atoms with van der Waals surface area (Å²) in [5.74, 6) is -1.07. The summed E-state index contributed by atoms with van der Waals surface area (Å²) in [6.45, 7) is 0. The molecule has 0 aliphatic carbocycles. The summed E-state index contributed by atoms with van der Waals surface area (Å²) in [6, 6.07) is 0. The highest BCUT2D eigenvalue weighted by molar-refractivity contribution is 14.1. The number of halogens is 2. The molecule has 12 nitrogen and oxygen atoms in total. The zero-order valence-electron chi connectivity index (χ0n) is 11.1. The Kier molecular flexibility index (Phi) is 7.13. The van der Waals surface area contributed by atoms with Gasteiger partial charge in [0.05, 0.1) is 10.7 Å². The van der Waals surface area contributed by atoms with Gasteiger partial charge in [0.2, 0.25) is 16.0 Å². The van der Waals surface area contributed by atoms with Gasteiger partial charge in [0.1, 0.15) is 4.90 Å². The van der Waals surface area contributed by atoms with Gasteiger partial charge in [-0.1, -0.05) is 0 Å². The molecule has 0 fully saturated rings. The summed E-state index contributed by atoms with van der Waals surface area (Å²) in [6.07, 6.45) is 0. The van der Waals surface area contributed by atoms with Crippen molar-refractivity contribution in [2.24, 2.45) is 0 Å². The predicted octanol–water partition coefficient (Wildman–Crippen LogP) is -2.47. The Labute approximate surface area is 160 Å². The van der Waals surface area contributed by atoms with Gasteiger partial charge in [-0.15, -0.1) is 0 Å². The maximum absolute atomic E-state index is 11.4. The summed E-state index contributed by atoms with van der Waals surface area (Å²) < 4.78 is 99.4. The molecule has 3 N–H and O–H groups in total. The van der Waals surface area contributed by atoms with E-state index in [2.05, 4.69) is 9.71 Å². The van der Waals surface area contributed by atoms with Gasteiger partial charge in [0.25, 0.3) is 20.2 Å². The molecule has 0 heterocycles. The van der Waals surface area contributed by atoms with Crippen LogP contribution in [-0.2, 0) is 30.4 Å². The van der Waals surface area contributed by atoms with Crippen molar-refractivity contribution in [3.8, 4) is 5.75 Å². The van der Waals surface area contributed by atoms with Gasteiger partial charge in [-0.25, -0.2) is 0 Å². The van der Waals surface area contributed by atoms with Gasteiger partial charge < -0.3 is 21.7 Å². The van der Waals surface area contributed by atoms with Crippen molar-refractivity contribution in [1.82, 2.24) is 0 Å². The van der Waals surface area contributed by atoms with E-state index in [4.69, 9.17) is 19.1 Å². The van der Waals surface area contributed by atoms with E-state index >= 15 is 0 Å². The lowest BCUT2D eigenvalue weighted by Crippen LogP contribution is -3.00. The number of nitrogens with zero attached hydrogens (tertiary/aromatic N) is 2. The third-order valence-electron chi connectivity index (χ3n) is 2.32. The molecule has 24 heavy (non-hydrogen) atoms. The van der Waals surface area contributed by atoms with Crippen molar-refractivity contribution in [3.63, 3.8) is 0 Å². The number of methoxy groups -OCH3 is 1. The molecular weight excluding hydrogens is 575 g/mol. The molecule has 0 spiro atoms. The van der Waals surface area contributed by atoms with Gasteiger partial charge in [-0.05, 0) is 22.6 Å². The van der Waals surface area contributed by atoms with E-state index in [1.807, 2.05) is 0 Å². The standard InChI is InChI=1S/C7H5IN2O10S3.BrH/c1-20-4-3(10-9)7(23(17,18)19)6(22(14,15)16)2(8)5(4)21(11,12)13;/h1H3,(H2-,11,12,13,14,15,16,17,18,19);1H. The van der Waals surface area contributed by atoms with Gasteiger partial charge in [-0.3, -0.25) is 13.7 Å². The molecule has 17 heteroatoms. The van der Waals surface area contributed by atoms with Crippen molar-refractivity contribution in [2.45, 2.75) is 14.7 Å². The normalized spacial score (nSPS) is 12.2. The quantitative estimate of drug-likeness (QED) is 0.193. The average molecular weight is 581 g/mol. The van der Waals surface area contributed by atoms with Crippen molar-refractivity contribution in [3.05, 3.63) is 8.55 Å². The van der Waals surface area contributed by atoms with Crippen LogP contribution in [0.4, 0.5) is 5.69 Å². The lowest BCUT2D eigenvalue weighted by Gasteiger charge is -2.11. The fourth-order valence-corrected chi connectivity index (χ4v) is 6.78. The smallest absolute Gasteiger partial charge is 0.450 e. The minimum atomic E-state index is -5.44. The zero-order chi connectivity index (χ0) is 18.4. The third kappa shape index (κ3) is 4.31. The maximum atomic E-state index is 11.4. The highest BCUT2D eigenvalue weighted by Gasteiger charge is 2.45. The van der Waals surface area contributed by atoms with Crippen LogP contribution in [0.3, 0.4) is 0 Å². The molecule has 0 bridgehead atoms. The highest BCUT2D eigenvalue weighted by Crippen LogP contribution is 2.46. The largest absolute Gasteiger partial charge is 1.00 e. The van der Waals surface area contributed by atoms with Crippen molar-refractivity contribution in [2.75, 3.05) is 7.11 Å². The third-order valence-corrected chi connectivity index (χ3v) is 7.00. The molecule has 136 valence electrons. The summed E-state index contributed by atoms with van der Waals surface area (Å²) in [5.41, 5.74) is -1.35. The van der Waals surface area contributed by atoms with Gasteiger partial charge >= 0.3 is 15.8 Å². The van der Waals surface area contributed by atoms with Crippen LogP contribution < -0.4 is 21.7 Å². The first-order valence-electron chi connectivity index (χ1n) is 4.89. The van der Waals surface area contributed by atoms with E-state index in [9.17, 15) is 25.3 Å². The molecule has 1 aromatic rings. The van der Waals surface area contributed by atoms with Crippen LogP contribution in [-0.4, -0.2) is 46.0 Å². The van der Waals surface area contributed by atoms with Crippen LogP contribution in [0, 0.1) is 8.96 Å². The van der Waals surface area contributed by atoms with E-state index in [1.165, 1.54) is 0 Å². The van der Waals surface area contributed by atoms with Crippen molar-refractivity contribution >= 4 is 58.6 Å². The van der Waals surface area contributed by atoms with E-state index in [-0.39, 0.29) is 17.0 Å². The van der Waals surface area contributed by atoms with E-state index in [0.29, 0.717) is 0 Å². The average Bonchev–Trinajstić information content (AvgIpc) is 2.32. The highest BCUT2D eigenvalue weighted by atomic mass is 127. The lowest BCUT2D eigenvalue weighted by atomic mass is 10.3. The molecule has 0 saturated carbocycles. The van der Waals surface area contributed by atoms with Crippen LogP contribution in [0.15, 0.2) is 14.7 Å². The van der Waals surface area contributed by atoms with Gasteiger partial charge in [0, 0.05) is 0 Å². The van der Waals surface area contributed by atoms with Crippen LogP contribution in [0.25, 0.3) is 4.98 Å². The Balaban J connectivity index is 0.00000529. The fourth-order valence-electron chi connectivity index (χ4n) is 1.60. The Bertz CT molecular complexity index is 1040. The second kappa shape index (κ2) is 7.32. The van der Waals surface area contributed by atoms with E-state index in [1.54, 1.807) is 0 Å². The van der Waals surface area contributed by atoms with E-state index < -0.39 is 60.0 Å². The van der Waals surface area contributed by atoms with Crippen LogP contribution in [0.1, 0.15) is 0 Å². The van der Waals surface area contributed by atoms with Gasteiger partial charge in [0.15, 0.2) is 9.87 Å². The number of hydrogen-bond donors (Lipinski definition) is 3. The number of rotatable bonds is 4.